The molecule has 6 heteroatoms. The summed E-state index contributed by atoms with van der Waals surface area (Å²) < 4.78 is 12.3. The highest BCUT2D eigenvalue weighted by molar-refractivity contribution is 7.18. The van der Waals surface area contributed by atoms with E-state index in [4.69, 9.17) is 9.47 Å². The molecule has 0 saturated carbocycles. The van der Waals surface area contributed by atoms with Gasteiger partial charge in [-0.1, -0.05) is 0 Å². The average Bonchev–Trinajstić information content (AvgIpc) is 2.96. The molecule has 0 spiro atoms. The number of hydrogen-bond acceptors (Lipinski definition) is 5. The number of hydrogen-bond donors (Lipinski definition) is 0. The molecule has 110 valence electrons. The number of methoxy groups -OCH3 is 1. The molecule has 0 aliphatic rings. The van der Waals surface area contributed by atoms with Crippen LogP contribution in [0.2, 0.25) is 0 Å². The second-order valence-electron chi connectivity index (χ2n) is 4.66. The van der Waals surface area contributed by atoms with Crippen LogP contribution in [0.3, 0.4) is 0 Å². The van der Waals surface area contributed by atoms with Crippen molar-refractivity contribution in [2.75, 3.05) is 13.7 Å². The molecule has 2 heterocycles. The van der Waals surface area contributed by atoms with Gasteiger partial charge in [-0.2, -0.15) is 0 Å². The topological polar surface area (TPSA) is 53.4 Å². The van der Waals surface area contributed by atoms with Crippen molar-refractivity contribution < 1.29 is 14.3 Å². The third-order valence-electron chi connectivity index (χ3n) is 3.30. The molecule has 0 unspecified atom stereocenters. The predicted octanol–water partition coefficient (Wildman–Crippen LogP) is 3.13. The minimum Gasteiger partial charge on any atom is -0.497 e. The summed E-state index contributed by atoms with van der Waals surface area (Å²) in [5.41, 5.74) is 1.88. The van der Waals surface area contributed by atoms with Crippen molar-refractivity contribution in [2.45, 2.75) is 20.4 Å². The maximum Gasteiger partial charge on any atom is 0.325 e. The monoisotopic (exact) mass is 304 g/mol. The second-order valence-corrected chi connectivity index (χ2v) is 5.84. The maximum atomic E-state index is 11.8. The fourth-order valence-corrected chi connectivity index (χ4v) is 3.39. The van der Waals surface area contributed by atoms with E-state index >= 15 is 0 Å². The summed E-state index contributed by atoms with van der Waals surface area (Å²) in [6.45, 7) is 4.35. The number of aryl methyl sites for hydroxylation is 1. The average molecular weight is 304 g/mol. The highest BCUT2D eigenvalue weighted by Gasteiger charge is 2.17. The van der Waals surface area contributed by atoms with Gasteiger partial charge in [0.25, 0.3) is 0 Å². The summed E-state index contributed by atoms with van der Waals surface area (Å²) in [5, 5.41) is 1.97. The Bertz CT molecular complexity index is 819. The van der Waals surface area contributed by atoms with Crippen LogP contribution in [-0.4, -0.2) is 29.2 Å². The Hall–Kier alpha value is -2.08. The number of fused-ring (bicyclic) bond motifs is 3. The standard InChI is InChI=1S/C15H16N2O3S/c1-4-20-13(18)8-17-12-6-5-10(19-3)7-11(12)14-15(17)21-9(2)16-14/h5-7H,4,8H2,1-3H3. The molecule has 0 aliphatic carbocycles. The van der Waals surface area contributed by atoms with Crippen LogP contribution in [0.1, 0.15) is 11.9 Å². The fraction of sp³-hybridized carbons (Fsp3) is 0.333. The lowest BCUT2D eigenvalue weighted by atomic mass is 10.2. The number of thiazole rings is 1. The summed E-state index contributed by atoms with van der Waals surface area (Å²) in [7, 11) is 1.64. The van der Waals surface area contributed by atoms with Crippen LogP contribution >= 0.6 is 11.3 Å². The van der Waals surface area contributed by atoms with Crippen molar-refractivity contribution in [2.24, 2.45) is 0 Å². The number of esters is 1. The molecule has 0 N–H and O–H groups in total. The van der Waals surface area contributed by atoms with Gasteiger partial charge in [0.2, 0.25) is 0 Å². The van der Waals surface area contributed by atoms with Gasteiger partial charge in [-0.25, -0.2) is 4.98 Å². The van der Waals surface area contributed by atoms with Gasteiger partial charge < -0.3 is 14.0 Å². The first-order valence-corrected chi connectivity index (χ1v) is 7.54. The molecule has 1 aromatic carbocycles. The molecule has 2 aromatic heterocycles. The molecule has 0 saturated heterocycles. The Morgan fingerprint density at radius 1 is 1.43 bits per heavy atom. The van der Waals surface area contributed by atoms with Gasteiger partial charge in [-0.3, -0.25) is 4.79 Å². The van der Waals surface area contributed by atoms with Gasteiger partial charge in [0, 0.05) is 5.39 Å². The molecular weight excluding hydrogens is 288 g/mol. The Balaban J connectivity index is 2.21. The van der Waals surface area contributed by atoms with Gasteiger partial charge in [-0.05, 0) is 32.0 Å². The van der Waals surface area contributed by atoms with Gasteiger partial charge in [0.1, 0.15) is 22.6 Å². The van der Waals surface area contributed by atoms with Gasteiger partial charge in [0.15, 0.2) is 0 Å². The highest BCUT2D eigenvalue weighted by atomic mass is 32.1. The first-order chi connectivity index (χ1) is 10.1. The molecule has 5 nitrogen and oxygen atoms in total. The van der Waals surface area contributed by atoms with E-state index in [2.05, 4.69) is 4.98 Å². The zero-order chi connectivity index (χ0) is 15.0. The largest absolute Gasteiger partial charge is 0.497 e. The summed E-state index contributed by atoms with van der Waals surface area (Å²) >= 11 is 1.58. The minimum atomic E-state index is -0.238. The summed E-state index contributed by atoms with van der Waals surface area (Å²) in [4.78, 5) is 17.4. The smallest absolute Gasteiger partial charge is 0.325 e. The summed E-state index contributed by atoms with van der Waals surface area (Å²) in [5.74, 6) is 0.543. The van der Waals surface area contributed by atoms with Crippen molar-refractivity contribution in [1.29, 1.82) is 0 Å². The van der Waals surface area contributed by atoms with Crippen LogP contribution in [0.5, 0.6) is 5.75 Å². The molecule has 3 aromatic rings. The van der Waals surface area contributed by atoms with Crippen LogP contribution in [0.15, 0.2) is 18.2 Å². The van der Waals surface area contributed by atoms with E-state index in [1.54, 1.807) is 18.4 Å². The van der Waals surface area contributed by atoms with Crippen molar-refractivity contribution in [3.8, 4) is 5.75 Å². The molecule has 0 amide bonds. The number of carbonyl (C=O) groups excluding carboxylic acids is 1. The Labute approximate surface area is 126 Å². The van der Waals surface area contributed by atoms with Gasteiger partial charge >= 0.3 is 5.97 Å². The molecular formula is C15H16N2O3S. The summed E-state index contributed by atoms with van der Waals surface area (Å²) in [6, 6.07) is 5.80. The summed E-state index contributed by atoms with van der Waals surface area (Å²) in [6.07, 6.45) is 0. The molecule has 0 radical (unpaired) electrons. The fourth-order valence-electron chi connectivity index (χ4n) is 2.44. The second kappa shape index (κ2) is 5.37. The predicted molar refractivity (Wildman–Crippen MR) is 83.0 cm³/mol. The zero-order valence-electron chi connectivity index (χ0n) is 12.2. The first kappa shape index (κ1) is 13.9. The minimum absolute atomic E-state index is 0.196. The molecule has 0 fully saturated rings. The number of rotatable bonds is 4. The highest BCUT2D eigenvalue weighted by Crippen LogP contribution is 2.34. The number of benzene rings is 1. The molecule has 3 rings (SSSR count). The van der Waals surface area contributed by atoms with Gasteiger partial charge in [-0.15, -0.1) is 11.3 Å². The molecule has 0 atom stereocenters. The number of aromatic nitrogens is 2. The van der Waals surface area contributed by atoms with Crippen LogP contribution in [0, 0.1) is 6.92 Å². The van der Waals surface area contributed by atoms with Crippen molar-refractivity contribution >= 4 is 38.6 Å². The Morgan fingerprint density at radius 2 is 2.24 bits per heavy atom. The molecule has 21 heavy (non-hydrogen) atoms. The number of ether oxygens (including phenoxy) is 2. The van der Waals surface area contributed by atoms with E-state index < -0.39 is 0 Å². The maximum absolute atomic E-state index is 11.8. The van der Waals surface area contributed by atoms with E-state index in [0.717, 1.165) is 32.0 Å². The van der Waals surface area contributed by atoms with E-state index in [1.807, 2.05) is 36.6 Å². The quantitative estimate of drug-likeness (QED) is 0.695. The van der Waals surface area contributed by atoms with Crippen molar-refractivity contribution in [3.05, 3.63) is 23.2 Å². The third-order valence-corrected chi connectivity index (χ3v) is 4.30. The lowest BCUT2D eigenvalue weighted by Gasteiger charge is -2.06. The van der Waals surface area contributed by atoms with Crippen LogP contribution < -0.4 is 4.74 Å². The van der Waals surface area contributed by atoms with Crippen LogP contribution in [0.25, 0.3) is 21.3 Å². The van der Waals surface area contributed by atoms with E-state index in [-0.39, 0.29) is 12.5 Å². The van der Waals surface area contributed by atoms with E-state index in [0.29, 0.717) is 6.61 Å². The Morgan fingerprint density at radius 3 is 2.95 bits per heavy atom. The third kappa shape index (κ3) is 2.35. The van der Waals surface area contributed by atoms with Crippen LogP contribution in [0.4, 0.5) is 0 Å². The SMILES string of the molecule is CCOC(=O)Cn1c2ccc(OC)cc2c2nc(C)sc21. The first-order valence-electron chi connectivity index (χ1n) is 6.73. The normalized spacial score (nSPS) is 11.2. The molecule has 0 bridgehead atoms. The zero-order valence-corrected chi connectivity index (χ0v) is 13.0. The van der Waals surface area contributed by atoms with E-state index in [1.165, 1.54) is 0 Å². The number of nitrogens with zero attached hydrogens (tertiary/aromatic N) is 2. The Kier molecular flexibility index (Phi) is 3.55. The van der Waals surface area contributed by atoms with Crippen molar-refractivity contribution in [1.82, 2.24) is 9.55 Å². The van der Waals surface area contributed by atoms with E-state index in [9.17, 15) is 4.79 Å². The van der Waals surface area contributed by atoms with Crippen molar-refractivity contribution in [3.63, 3.8) is 0 Å². The van der Waals surface area contributed by atoms with Crippen LogP contribution in [-0.2, 0) is 16.1 Å². The van der Waals surface area contributed by atoms with Gasteiger partial charge in [0.05, 0.1) is 24.2 Å². The lowest BCUT2D eigenvalue weighted by molar-refractivity contribution is -0.143. The molecule has 0 aliphatic heterocycles. The number of carbonyl (C=O) groups is 1. The lowest BCUT2D eigenvalue weighted by Crippen LogP contribution is -2.12.